The van der Waals surface area contributed by atoms with E-state index in [-0.39, 0.29) is 5.78 Å². The fourth-order valence-electron chi connectivity index (χ4n) is 2.66. The van der Waals surface area contributed by atoms with Crippen molar-refractivity contribution in [3.63, 3.8) is 0 Å². The molecule has 2 aromatic rings. The molecule has 0 unspecified atom stereocenters. The highest BCUT2D eigenvalue weighted by Crippen LogP contribution is 2.18. The Hall–Kier alpha value is -2.45. The van der Waals surface area contributed by atoms with Crippen molar-refractivity contribution in [2.24, 2.45) is 0 Å². The number of carbonyl (C=O) groups is 1. The Bertz CT molecular complexity index is 699. The van der Waals surface area contributed by atoms with E-state index in [9.17, 15) is 4.79 Å². The number of aryl methyl sites for hydroxylation is 2. The van der Waals surface area contributed by atoms with Gasteiger partial charge in [-0.2, -0.15) is 0 Å². The Morgan fingerprint density at radius 2 is 1.13 bits per heavy atom. The van der Waals surface area contributed by atoms with E-state index >= 15 is 0 Å². The summed E-state index contributed by atoms with van der Waals surface area (Å²) in [4.78, 5) is 12.7. The number of benzene rings is 2. The van der Waals surface area contributed by atoms with Gasteiger partial charge >= 0.3 is 0 Å². The van der Waals surface area contributed by atoms with E-state index in [0.717, 1.165) is 22.3 Å². The summed E-state index contributed by atoms with van der Waals surface area (Å²) >= 11 is 0. The summed E-state index contributed by atoms with van der Waals surface area (Å²) in [5.41, 5.74) is 6.21. The van der Waals surface area contributed by atoms with Crippen LogP contribution in [-0.2, 0) is 4.79 Å². The van der Waals surface area contributed by atoms with Crippen LogP contribution in [0.5, 0.6) is 0 Å². The normalized spacial score (nSPS) is 18.6. The zero-order valence-corrected chi connectivity index (χ0v) is 13.6. The summed E-state index contributed by atoms with van der Waals surface area (Å²) in [6.45, 7) is 5.37. The van der Waals surface area contributed by atoms with Crippen molar-refractivity contribution in [2.45, 2.75) is 13.8 Å². The van der Waals surface area contributed by atoms with E-state index in [1.165, 1.54) is 11.1 Å². The highest BCUT2D eigenvalue weighted by atomic mass is 16.1. The topological polar surface area (TPSA) is 29.1 Å². The van der Waals surface area contributed by atoms with Gasteiger partial charge in [-0.05, 0) is 37.1 Å². The fraction of sp³-hybridized carbons (Fsp3) is 0.190. The molecule has 0 aliphatic carbocycles. The molecule has 0 saturated carbocycles. The fourth-order valence-corrected chi connectivity index (χ4v) is 2.66. The van der Waals surface area contributed by atoms with Crippen LogP contribution in [0.25, 0.3) is 12.2 Å². The van der Waals surface area contributed by atoms with Crippen molar-refractivity contribution in [1.82, 2.24) is 5.32 Å². The van der Waals surface area contributed by atoms with Crippen LogP contribution < -0.4 is 5.32 Å². The van der Waals surface area contributed by atoms with Gasteiger partial charge in [0.1, 0.15) is 0 Å². The van der Waals surface area contributed by atoms with Gasteiger partial charge in [0.25, 0.3) is 0 Å². The summed E-state index contributed by atoms with van der Waals surface area (Å²) < 4.78 is 0. The highest BCUT2D eigenvalue weighted by Gasteiger charge is 2.19. The van der Waals surface area contributed by atoms with Crippen molar-refractivity contribution in [3.8, 4) is 0 Å². The summed E-state index contributed by atoms with van der Waals surface area (Å²) in [6.07, 6.45) is 3.97. The molecule has 0 amide bonds. The monoisotopic (exact) mass is 303 g/mol. The number of Topliss-reactive ketones (excluding diaryl/α,β-unsaturated/α-hetero) is 1. The average molecular weight is 303 g/mol. The lowest BCUT2D eigenvalue weighted by Gasteiger charge is -2.18. The van der Waals surface area contributed by atoms with Crippen molar-refractivity contribution in [3.05, 3.63) is 81.9 Å². The largest absolute Gasteiger partial charge is 0.308 e. The van der Waals surface area contributed by atoms with E-state index in [1.54, 1.807) is 0 Å². The molecule has 1 N–H and O–H groups in total. The molecule has 0 spiro atoms. The standard InChI is InChI=1S/C21H21NO/c1-15-3-7-17(8-4-15)11-19-13-22-14-20(21(19)23)12-18-9-5-16(2)6-10-18/h3-12,22H,13-14H2,1-2H3. The molecule has 0 radical (unpaired) electrons. The molecule has 1 fully saturated rings. The number of hydrogen-bond donors (Lipinski definition) is 1. The number of hydrogen-bond acceptors (Lipinski definition) is 2. The summed E-state index contributed by atoms with van der Waals surface area (Å²) in [6, 6.07) is 16.5. The van der Waals surface area contributed by atoms with E-state index < -0.39 is 0 Å². The van der Waals surface area contributed by atoms with Crippen molar-refractivity contribution in [2.75, 3.05) is 13.1 Å². The van der Waals surface area contributed by atoms with Crippen LogP contribution in [0.2, 0.25) is 0 Å². The summed E-state index contributed by atoms with van der Waals surface area (Å²) in [5.74, 6) is 0.143. The van der Waals surface area contributed by atoms with Gasteiger partial charge in [0.05, 0.1) is 0 Å². The molecule has 0 atom stereocenters. The van der Waals surface area contributed by atoms with Gasteiger partial charge in [-0.25, -0.2) is 0 Å². The third kappa shape index (κ3) is 3.85. The minimum absolute atomic E-state index is 0.143. The SMILES string of the molecule is Cc1ccc(C=C2CNCC(=Cc3ccc(C)cc3)C2=O)cc1. The molecule has 0 aromatic heterocycles. The summed E-state index contributed by atoms with van der Waals surface area (Å²) in [5, 5.41) is 3.32. The Morgan fingerprint density at radius 3 is 1.52 bits per heavy atom. The Balaban J connectivity index is 1.86. The van der Waals surface area contributed by atoms with Crippen LogP contribution in [0.15, 0.2) is 59.7 Å². The van der Waals surface area contributed by atoms with Gasteiger partial charge in [-0.15, -0.1) is 0 Å². The molecule has 1 heterocycles. The number of carbonyl (C=O) groups excluding carboxylic acids is 1. The lowest BCUT2D eigenvalue weighted by Crippen LogP contribution is -2.32. The summed E-state index contributed by atoms with van der Waals surface area (Å²) in [7, 11) is 0. The van der Waals surface area contributed by atoms with Crippen molar-refractivity contribution < 1.29 is 4.79 Å². The van der Waals surface area contributed by atoms with Crippen LogP contribution in [0.4, 0.5) is 0 Å². The molecule has 3 rings (SSSR count). The second-order valence-electron chi connectivity index (χ2n) is 6.09. The van der Waals surface area contributed by atoms with Crippen molar-refractivity contribution >= 4 is 17.9 Å². The van der Waals surface area contributed by atoms with Gasteiger partial charge in [-0.3, -0.25) is 4.79 Å². The maximum atomic E-state index is 12.7. The average Bonchev–Trinajstić information content (AvgIpc) is 2.55. The maximum absolute atomic E-state index is 12.7. The number of ketones is 1. The lowest BCUT2D eigenvalue weighted by atomic mass is 9.95. The zero-order valence-electron chi connectivity index (χ0n) is 13.6. The minimum Gasteiger partial charge on any atom is -0.308 e. The third-order valence-corrected chi connectivity index (χ3v) is 4.05. The van der Waals surface area contributed by atoms with Crippen LogP contribution in [0, 0.1) is 13.8 Å². The molecule has 0 bridgehead atoms. The van der Waals surface area contributed by atoms with Crippen LogP contribution in [-0.4, -0.2) is 18.9 Å². The second kappa shape index (κ2) is 6.76. The Morgan fingerprint density at radius 1 is 0.739 bits per heavy atom. The molecule has 1 aliphatic rings. The van der Waals surface area contributed by atoms with Crippen LogP contribution >= 0.6 is 0 Å². The molecule has 2 nitrogen and oxygen atoms in total. The molecule has 116 valence electrons. The van der Waals surface area contributed by atoms with E-state index in [1.807, 2.05) is 36.4 Å². The quantitative estimate of drug-likeness (QED) is 0.851. The molecule has 23 heavy (non-hydrogen) atoms. The van der Waals surface area contributed by atoms with Gasteiger partial charge in [0, 0.05) is 24.2 Å². The van der Waals surface area contributed by atoms with Gasteiger partial charge < -0.3 is 5.32 Å². The first kappa shape index (κ1) is 15.4. The first-order valence-corrected chi connectivity index (χ1v) is 7.92. The van der Waals surface area contributed by atoms with Gasteiger partial charge in [0.2, 0.25) is 0 Å². The minimum atomic E-state index is 0.143. The molecule has 2 aromatic carbocycles. The third-order valence-electron chi connectivity index (χ3n) is 4.05. The van der Waals surface area contributed by atoms with Gasteiger partial charge in [-0.1, -0.05) is 59.7 Å². The Kier molecular flexibility index (Phi) is 4.54. The predicted molar refractivity (Wildman–Crippen MR) is 96.2 cm³/mol. The lowest BCUT2D eigenvalue weighted by molar-refractivity contribution is -0.112. The number of piperidine rings is 1. The maximum Gasteiger partial charge on any atom is 0.187 e. The highest BCUT2D eigenvalue weighted by molar-refractivity contribution is 6.14. The van der Waals surface area contributed by atoms with Crippen LogP contribution in [0.3, 0.4) is 0 Å². The molecule has 1 aliphatic heterocycles. The van der Waals surface area contributed by atoms with E-state index in [2.05, 4.69) is 43.4 Å². The molecular formula is C21H21NO. The predicted octanol–water partition coefficient (Wildman–Crippen LogP) is 3.94. The van der Waals surface area contributed by atoms with Gasteiger partial charge in [0.15, 0.2) is 5.78 Å². The first-order chi connectivity index (χ1) is 11.1. The van der Waals surface area contributed by atoms with E-state index in [0.29, 0.717) is 13.1 Å². The first-order valence-electron chi connectivity index (χ1n) is 7.92. The molecular weight excluding hydrogens is 282 g/mol. The molecule has 1 saturated heterocycles. The number of rotatable bonds is 2. The van der Waals surface area contributed by atoms with Crippen LogP contribution in [0.1, 0.15) is 22.3 Å². The second-order valence-corrected chi connectivity index (χ2v) is 6.09. The zero-order chi connectivity index (χ0) is 16.2. The van der Waals surface area contributed by atoms with Crippen molar-refractivity contribution in [1.29, 1.82) is 0 Å². The van der Waals surface area contributed by atoms with E-state index in [4.69, 9.17) is 0 Å². The molecule has 2 heteroatoms. The smallest absolute Gasteiger partial charge is 0.187 e. The number of nitrogens with one attached hydrogen (secondary N) is 1. The Labute approximate surface area is 137 Å².